The van der Waals surface area contributed by atoms with Crippen molar-refractivity contribution in [3.63, 3.8) is 0 Å². The average Bonchev–Trinajstić information content (AvgIpc) is 3.01. The van der Waals surface area contributed by atoms with Crippen LogP contribution in [-0.4, -0.2) is 16.8 Å². The van der Waals surface area contributed by atoms with E-state index in [0.29, 0.717) is 6.04 Å². The van der Waals surface area contributed by atoms with Gasteiger partial charge in [-0.25, -0.2) is 0 Å². The van der Waals surface area contributed by atoms with E-state index in [1.807, 2.05) is 13.2 Å². The van der Waals surface area contributed by atoms with Crippen molar-refractivity contribution in [2.24, 2.45) is 0 Å². The summed E-state index contributed by atoms with van der Waals surface area (Å²) < 4.78 is 2.07. The fourth-order valence-electron chi connectivity index (χ4n) is 3.24. The van der Waals surface area contributed by atoms with E-state index in [2.05, 4.69) is 47.1 Å². The molecule has 1 aliphatic rings. The summed E-state index contributed by atoms with van der Waals surface area (Å²) in [6.45, 7) is 5.23. The van der Waals surface area contributed by atoms with Gasteiger partial charge in [-0.15, -0.1) is 0 Å². The number of aryl methyl sites for hydroxylation is 1. The summed E-state index contributed by atoms with van der Waals surface area (Å²) in [6.07, 6.45) is 4.37. The van der Waals surface area contributed by atoms with E-state index >= 15 is 0 Å². The van der Waals surface area contributed by atoms with Crippen LogP contribution in [0, 0.1) is 6.92 Å². The summed E-state index contributed by atoms with van der Waals surface area (Å²) >= 11 is 0. The van der Waals surface area contributed by atoms with Crippen LogP contribution in [0.2, 0.25) is 0 Å². The first kappa shape index (κ1) is 12.4. The number of nitrogens with one attached hydrogen (secondary N) is 1. The third kappa shape index (κ3) is 1.89. The SMILES string of the molecule is CCn1ncc(-c2cccc3c2CCC3NC)c1C. The Labute approximate surface area is 114 Å². The molecule has 2 aromatic rings. The first-order chi connectivity index (χ1) is 9.26. The molecule has 1 N–H and O–H groups in total. The summed E-state index contributed by atoms with van der Waals surface area (Å²) in [6, 6.07) is 7.18. The molecule has 19 heavy (non-hydrogen) atoms. The molecule has 100 valence electrons. The van der Waals surface area contributed by atoms with Gasteiger partial charge in [0.2, 0.25) is 0 Å². The standard InChI is InChI=1S/C16H21N3/c1-4-19-11(2)15(10-18-19)12-6-5-7-14-13(12)8-9-16(14)17-3/h5-7,10,16-17H,4,8-9H2,1-3H3. The second kappa shape index (κ2) is 4.82. The molecule has 0 bridgehead atoms. The van der Waals surface area contributed by atoms with Crippen molar-refractivity contribution in [1.82, 2.24) is 15.1 Å². The van der Waals surface area contributed by atoms with Crippen LogP contribution >= 0.6 is 0 Å². The number of benzene rings is 1. The van der Waals surface area contributed by atoms with Crippen molar-refractivity contribution in [2.45, 2.75) is 39.3 Å². The molecule has 1 unspecified atom stereocenters. The molecule has 1 aliphatic carbocycles. The monoisotopic (exact) mass is 255 g/mol. The maximum atomic E-state index is 4.48. The molecule has 0 saturated heterocycles. The maximum absolute atomic E-state index is 4.48. The molecular weight excluding hydrogens is 234 g/mol. The number of hydrogen-bond donors (Lipinski definition) is 1. The Balaban J connectivity index is 2.12. The van der Waals surface area contributed by atoms with Crippen molar-refractivity contribution in [3.05, 3.63) is 41.2 Å². The van der Waals surface area contributed by atoms with Crippen LogP contribution in [0.4, 0.5) is 0 Å². The lowest BCUT2D eigenvalue weighted by molar-refractivity contribution is 0.590. The summed E-state index contributed by atoms with van der Waals surface area (Å²) in [4.78, 5) is 0. The van der Waals surface area contributed by atoms with Gasteiger partial charge in [0.1, 0.15) is 0 Å². The van der Waals surface area contributed by atoms with Gasteiger partial charge in [-0.05, 0) is 50.4 Å². The molecule has 0 radical (unpaired) electrons. The van der Waals surface area contributed by atoms with Gasteiger partial charge in [0, 0.05) is 23.8 Å². The smallest absolute Gasteiger partial charge is 0.0571 e. The zero-order valence-corrected chi connectivity index (χ0v) is 11.9. The predicted octanol–water partition coefficient (Wildman–Crippen LogP) is 3.09. The molecule has 1 aromatic heterocycles. The van der Waals surface area contributed by atoms with Crippen molar-refractivity contribution < 1.29 is 0 Å². The topological polar surface area (TPSA) is 29.9 Å². The van der Waals surface area contributed by atoms with Crippen molar-refractivity contribution in [1.29, 1.82) is 0 Å². The third-order valence-corrected chi connectivity index (χ3v) is 4.31. The van der Waals surface area contributed by atoms with Crippen LogP contribution in [0.5, 0.6) is 0 Å². The molecule has 0 aliphatic heterocycles. The van der Waals surface area contributed by atoms with Gasteiger partial charge in [0.05, 0.1) is 6.20 Å². The number of aromatic nitrogens is 2. The van der Waals surface area contributed by atoms with Gasteiger partial charge in [-0.2, -0.15) is 5.10 Å². The highest BCUT2D eigenvalue weighted by atomic mass is 15.3. The Bertz CT molecular complexity index is 598. The number of fused-ring (bicyclic) bond motifs is 1. The van der Waals surface area contributed by atoms with Crippen LogP contribution in [0.1, 0.15) is 36.2 Å². The Hall–Kier alpha value is -1.61. The van der Waals surface area contributed by atoms with E-state index in [0.717, 1.165) is 13.0 Å². The fourth-order valence-corrected chi connectivity index (χ4v) is 3.24. The van der Waals surface area contributed by atoms with E-state index in [1.54, 1.807) is 0 Å². The van der Waals surface area contributed by atoms with E-state index in [-0.39, 0.29) is 0 Å². The molecule has 0 spiro atoms. The minimum absolute atomic E-state index is 0.511. The van der Waals surface area contributed by atoms with Crippen LogP contribution in [0.15, 0.2) is 24.4 Å². The lowest BCUT2D eigenvalue weighted by atomic mass is 9.97. The second-order valence-electron chi connectivity index (χ2n) is 5.21. The number of hydrogen-bond acceptors (Lipinski definition) is 2. The highest BCUT2D eigenvalue weighted by Gasteiger charge is 2.24. The first-order valence-electron chi connectivity index (χ1n) is 7.08. The van der Waals surface area contributed by atoms with Gasteiger partial charge in [0.25, 0.3) is 0 Å². The molecule has 3 rings (SSSR count). The average molecular weight is 255 g/mol. The fraction of sp³-hybridized carbons (Fsp3) is 0.438. The quantitative estimate of drug-likeness (QED) is 0.913. The van der Waals surface area contributed by atoms with Crippen LogP contribution in [0.3, 0.4) is 0 Å². The van der Waals surface area contributed by atoms with Gasteiger partial charge in [-0.3, -0.25) is 4.68 Å². The molecular formula is C16H21N3. The Morgan fingerprint density at radius 3 is 2.89 bits per heavy atom. The van der Waals surface area contributed by atoms with Gasteiger partial charge >= 0.3 is 0 Å². The zero-order valence-electron chi connectivity index (χ0n) is 11.9. The maximum Gasteiger partial charge on any atom is 0.0571 e. The van der Waals surface area contributed by atoms with E-state index < -0.39 is 0 Å². The van der Waals surface area contributed by atoms with E-state index in [9.17, 15) is 0 Å². The summed E-state index contributed by atoms with van der Waals surface area (Å²) in [5.41, 5.74) is 6.89. The number of rotatable bonds is 3. The molecule has 0 fully saturated rings. The lowest BCUT2D eigenvalue weighted by Gasteiger charge is -2.12. The highest BCUT2D eigenvalue weighted by Crippen LogP contribution is 2.38. The molecule has 1 aromatic carbocycles. The number of nitrogens with zero attached hydrogens (tertiary/aromatic N) is 2. The minimum Gasteiger partial charge on any atom is -0.313 e. The first-order valence-corrected chi connectivity index (χ1v) is 7.08. The van der Waals surface area contributed by atoms with Gasteiger partial charge in [0.15, 0.2) is 0 Å². The summed E-state index contributed by atoms with van der Waals surface area (Å²) in [5, 5.41) is 7.89. The minimum atomic E-state index is 0.511. The zero-order chi connectivity index (χ0) is 13.4. The Kier molecular flexibility index (Phi) is 3.15. The van der Waals surface area contributed by atoms with Crippen molar-refractivity contribution >= 4 is 0 Å². The molecule has 3 nitrogen and oxygen atoms in total. The largest absolute Gasteiger partial charge is 0.313 e. The van der Waals surface area contributed by atoms with Gasteiger partial charge < -0.3 is 5.32 Å². The molecule has 0 saturated carbocycles. The predicted molar refractivity (Wildman–Crippen MR) is 78.2 cm³/mol. The summed E-state index contributed by atoms with van der Waals surface area (Å²) in [7, 11) is 2.05. The normalized spacial score (nSPS) is 17.7. The van der Waals surface area contributed by atoms with Crippen LogP contribution in [-0.2, 0) is 13.0 Å². The van der Waals surface area contributed by atoms with E-state index in [4.69, 9.17) is 0 Å². The molecule has 0 amide bonds. The van der Waals surface area contributed by atoms with Crippen LogP contribution in [0.25, 0.3) is 11.1 Å². The van der Waals surface area contributed by atoms with Crippen LogP contribution < -0.4 is 5.32 Å². The Morgan fingerprint density at radius 1 is 1.37 bits per heavy atom. The van der Waals surface area contributed by atoms with E-state index in [1.165, 1.54) is 34.4 Å². The second-order valence-corrected chi connectivity index (χ2v) is 5.21. The summed E-state index contributed by atoms with van der Waals surface area (Å²) in [5.74, 6) is 0. The molecule has 1 heterocycles. The van der Waals surface area contributed by atoms with Crippen molar-refractivity contribution in [2.75, 3.05) is 7.05 Å². The molecule has 3 heteroatoms. The Morgan fingerprint density at radius 2 is 2.21 bits per heavy atom. The molecule has 1 atom stereocenters. The van der Waals surface area contributed by atoms with Gasteiger partial charge in [-0.1, -0.05) is 18.2 Å². The highest BCUT2D eigenvalue weighted by molar-refractivity contribution is 5.71. The lowest BCUT2D eigenvalue weighted by Crippen LogP contribution is -2.12. The van der Waals surface area contributed by atoms with Crippen molar-refractivity contribution in [3.8, 4) is 11.1 Å². The third-order valence-electron chi connectivity index (χ3n) is 4.31.